The van der Waals surface area contributed by atoms with Gasteiger partial charge in [0.15, 0.2) is 0 Å². The molecule has 3 N–H and O–H groups in total. The first-order chi connectivity index (χ1) is 11.1. The van der Waals surface area contributed by atoms with Gasteiger partial charge in [0, 0.05) is 23.5 Å². The van der Waals surface area contributed by atoms with E-state index in [4.69, 9.17) is 5.73 Å². The molecule has 0 radical (unpaired) electrons. The second-order valence-electron chi connectivity index (χ2n) is 5.39. The van der Waals surface area contributed by atoms with Gasteiger partial charge in [0.1, 0.15) is 22.3 Å². The number of aromatic nitrogens is 2. The average Bonchev–Trinajstić information content (AvgIpc) is 2.96. The predicted molar refractivity (Wildman–Crippen MR) is 93.1 cm³/mol. The molecule has 0 bridgehead atoms. The molecule has 120 valence electrons. The van der Waals surface area contributed by atoms with E-state index in [1.807, 2.05) is 13.0 Å². The predicted octanol–water partition coefficient (Wildman–Crippen LogP) is 3.77. The highest BCUT2D eigenvalue weighted by Crippen LogP contribution is 2.29. The molecule has 0 aliphatic rings. The van der Waals surface area contributed by atoms with Crippen molar-refractivity contribution in [3.8, 4) is 0 Å². The molecule has 1 aromatic carbocycles. The highest BCUT2D eigenvalue weighted by atomic mass is 32.1. The Kier molecular flexibility index (Phi) is 4.54. The standard InChI is InChI=1S/C17H19FN4S/c1-3-13-7-14-16(21-10(2)22-17(14)23-13)20-9-12-5-4-11(8-19)6-15(12)18/h4-7H,3,8-9,19H2,1-2H3,(H,20,21,22). The third-order valence-electron chi connectivity index (χ3n) is 3.70. The van der Waals surface area contributed by atoms with Crippen molar-refractivity contribution < 1.29 is 4.39 Å². The van der Waals surface area contributed by atoms with Crippen LogP contribution in [0.2, 0.25) is 0 Å². The summed E-state index contributed by atoms with van der Waals surface area (Å²) in [6.45, 7) is 4.70. The minimum atomic E-state index is -0.248. The molecule has 0 atom stereocenters. The van der Waals surface area contributed by atoms with Gasteiger partial charge in [0.2, 0.25) is 0 Å². The minimum absolute atomic E-state index is 0.248. The van der Waals surface area contributed by atoms with E-state index in [0.717, 1.165) is 28.0 Å². The number of hydrogen-bond donors (Lipinski definition) is 2. The van der Waals surface area contributed by atoms with E-state index < -0.39 is 0 Å². The fourth-order valence-corrected chi connectivity index (χ4v) is 3.44. The summed E-state index contributed by atoms with van der Waals surface area (Å²) in [6.07, 6.45) is 0.967. The van der Waals surface area contributed by atoms with Crippen LogP contribution in [-0.2, 0) is 19.5 Å². The summed E-state index contributed by atoms with van der Waals surface area (Å²) in [6, 6.07) is 7.20. The Morgan fingerprint density at radius 2 is 2.09 bits per heavy atom. The van der Waals surface area contributed by atoms with Gasteiger partial charge < -0.3 is 11.1 Å². The smallest absolute Gasteiger partial charge is 0.138 e. The largest absolute Gasteiger partial charge is 0.365 e. The van der Waals surface area contributed by atoms with E-state index >= 15 is 0 Å². The van der Waals surface area contributed by atoms with E-state index in [0.29, 0.717) is 24.5 Å². The van der Waals surface area contributed by atoms with Crippen molar-refractivity contribution in [3.63, 3.8) is 0 Å². The summed E-state index contributed by atoms with van der Waals surface area (Å²) in [5.74, 6) is 1.22. The Bertz CT molecular complexity index is 844. The third kappa shape index (κ3) is 3.33. The molecular formula is C17H19FN4S. The number of hydrogen-bond acceptors (Lipinski definition) is 5. The van der Waals surface area contributed by atoms with Crippen LogP contribution in [0, 0.1) is 12.7 Å². The van der Waals surface area contributed by atoms with Crippen LogP contribution in [-0.4, -0.2) is 9.97 Å². The van der Waals surface area contributed by atoms with Gasteiger partial charge in [0.25, 0.3) is 0 Å². The van der Waals surface area contributed by atoms with Crippen LogP contribution in [0.5, 0.6) is 0 Å². The van der Waals surface area contributed by atoms with Gasteiger partial charge >= 0.3 is 0 Å². The molecule has 0 amide bonds. The highest BCUT2D eigenvalue weighted by Gasteiger charge is 2.11. The Morgan fingerprint density at radius 3 is 2.78 bits per heavy atom. The molecule has 6 heteroatoms. The fraction of sp³-hybridized carbons (Fsp3) is 0.294. The zero-order chi connectivity index (χ0) is 16.4. The SMILES string of the molecule is CCc1cc2c(NCc3ccc(CN)cc3F)nc(C)nc2s1. The number of nitrogens with two attached hydrogens (primary N) is 1. The average molecular weight is 330 g/mol. The second-order valence-corrected chi connectivity index (χ2v) is 6.50. The molecule has 2 heterocycles. The van der Waals surface area contributed by atoms with Gasteiger partial charge in [-0.05, 0) is 31.0 Å². The lowest BCUT2D eigenvalue weighted by Gasteiger charge is -2.09. The number of rotatable bonds is 5. The van der Waals surface area contributed by atoms with Crippen LogP contribution in [0.4, 0.5) is 10.2 Å². The number of halogens is 1. The van der Waals surface area contributed by atoms with E-state index in [9.17, 15) is 4.39 Å². The first-order valence-corrected chi connectivity index (χ1v) is 8.40. The molecule has 3 rings (SSSR count). The van der Waals surface area contributed by atoms with Crippen molar-refractivity contribution >= 4 is 27.4 Å². The van der Waals surface area contributed by atoms with Crippen LogP contribution in [0.1, 0.15) is 28.8 Å². The quantitative estimate of drug-likeness (QED) is 0.747. The summed E-state index contributed by atoms with van der Waals surface area (Å²) >= 11 is 1.68. The summed E-state index contributed by atoms with van der Waals surface area (Å²) < 4.78 is 14.1. The summed E-state index contributed by atoms with van der Waals surface area (Å²) in [5.41, 5.74) is 6.91. The van der Waals surface area contributed by atoms with Crippen LogP contribution >= 0.6 is 11.3 Å². The van der Waals surface area contributed by atoms with Gasteiger partial charge in [-0.3, -0.25) is 0 Å². The second kappa shape index (κ2) is 6.60. The zero-order valence-electron chi connectivity index (χ0n) is 13.2. The molecule has 0 saturated heterocycles. The highest BCUT2D eigenvalue weighted by molar-refractivity contribution is 7.18. The monoisotopic (exact) mass is 330 g/mol. The van der Waals surface area contributed by atoms with Crippen molar-refractivity contribution in [2.75, 3.05) is 5.32 Å². The van der Waals surface area contributed by atoms with Gasteiger partial charge in [-0.1, -0.05) is 19.1 Å². The van der Waals surface area contributed by atoms with Crippen molar-refractivity contribution in [3.05, 3.63) is 51.9 Å². The van der Waals surface area contributed by atoms with E-state index in [2.05, 4.69) is 28.3 Å². The van der Waals surface area contributed by atoms with Crippen LogP contribution in [0.3, 0.4) is 0 Å². The lowest BCUT2D eigenvalue weighted by atomic mass is 10.1. The lowest BCUT2D eigenvalue weighted by Crippen LogP contribution is -2.06. The van der Waals surface area contributed by atoms with Crippen LogP contribution in [0.25, 0.3) is 10.2 Å². The van der Waals surface area contributed by atoms with Gasteiger partial charge in [-0.15, -0.1) is 11.3 Å². The van der Waals surface area contributed by atoms with Gasteiger partial charge in [-0.25, -0.2) is 14.4 Å². The number of thiophene rings is 1. The van der Waals surface area contributed by atoms with Crippen LogP contribution < -0.4 is 11.1 Å². The zero-order valence-corrected chi connectivity index (χ0v) is 14.0. The fourth-order valence-electron chi connectivity index (χ4n) is 2.43. The molecule has 3 aromatic rings. The number of nitrogens with one attached hydrogen (secondary N) is 1. The van der Waals surface area contributed by atoms with Crippen molar-refractivity contribution in [1.82, 2.24) is 9.97 Å². The molecule has 0 saturated carbocycles. The maximum Gasteiger partial charge on any atom is 0.138 e. The van der Waals surface area contributed by atoms with Gasteiger partial charge in [0.05, 0.1) is 5.39 Å². The number of benzene rings is 1. The lowest BCUT2D eigenvalue weighted by molar-refractivity contribution is 0.610. The Hall–Kier alpha value is -2.05. The van der Waals surface area contributed by atoms with E-state index in [1.165, 1.54) is 10.9 Å². The molecule has 0 fully saturated rings. The van der Waals surface area contributed by atoms with Crippen LogP contribution in [0.15, 0.2) is 24.3 Å². The van der Waals surface area contributed by atoms with Crippen molar-refractivity contribution in [2.45, 2.75) is 33.4 Å². The first-order valence-electron chi connectivity index (χ1n) is 7.59. The molecule has 0 spiro atoms. The normalized spacial score (nSPS) is 11.1. The van der Waals surface area contributed by atoms with Gasteiger partial charge in [-0.2, -0.15) is 0 Å². The van der Waals surface area contributed by atoms with Crippen molar-refractivity contribution in [2.24, 2.45) is 5.73 Å². The summed E-state index contributed by atoms with van der Waals surface area (Å²) in [7, 11) is 0. The molecule has 4 nitrogen and oxygen atoms in total. The first kappa shape index (κ1) is 15.8. The van der Waals surface area contributed by atoms with Crippen molar-refractivity contribution in [1.29, 1.82) is 0 Å². The number of anilines is 1. The Morgan fingerprint density at radius 1 is 1.26 bits per heavy atom. The van der Waals surface area contributed by atoms with E-state index in [1.54, 1.807) is 17.4 Å². The number of fused-ring (bicyclic) bond motifs is 1. The molecular weight excluding hydrogens is 311 g/mol. The Balaban J connectivity index is 1.88. The topological polar surface area (TPSA) is 63.8 Å². The maximum atomic E-state index is 14.1. The van der Waals surface area contributed by atoms with E-state index in [-0.39, 0.29) is 5.82 Å². The summed E-state index contributed by atoms with van der Waals surface area (Å²) in [4.78, 5) is 11.2. The molecule has 0 aliphatic heterocycles. The molecule has 23 heavy (non-hydrogen) atoms. The molecule has 0 unspecified atom stereocenters. The molecule has 0 aliphatic carbocycles. The minimum Gasteiger partial charge on any atom is -0.365 e. The third-order valence-corrected chi connectivity index (χ3v) is 4.88. The summed E-state index contributed by atoms with van der Waals surface area (Å²) in [5, 5.41) is 4.24. The molecule has 2 aromatic heterocycles. The Labute approximate surface area is 138 Å². The number of nitrogens with zero attached hydrogens (tertiary/aromatic N) is 2. The number of aryl methyl sites for hydroxylation is 2. The maximum absolute atomic E-state index is 14.1.